The van der Waals surface area contributed by atoms with Gasteiger partial charge in [0.05, 0.1) is 12.5 Å². The minimum absolute atomic E-state index is 0.127. The third-order valence-electron chi connectivity index (χ3n) is 2.49. The van der Waals surface area contributed by atoms with Crippen LogP contribution in [-0.2, 0) is 11.3 Å². The molecule has 1 aliphatic rings. The van der Waals surface area contributed by atoms with Gasteiger partial charge in [0, 0.05) is 13.1 Å². The fraction of sp³-hybridized carbons (Fsp3) is 0.625. The van der Waals surface area contributed by atoms with E-state index in [1.54, 1.807) is 0 Å². The Morgan fingerprint density at radius 2 is 2.40 bits per heavy atom. The summed E-state index contributed by atoms with van der Waals surface area (Å²) in [5, 5.41) is 7.59. The molecule has 1 aromatic rings. The van der Waals surface area contributed by atoms with E-state index < -0.39 is 0 Å². The number of rotatable bonds is 3. The molecular formula is C8H13N5O2. The van der Waals surface area contributed by atoms with Crippen LogP contribution in [0.1, 0.15) is 12.3 Å². The molecule has 2 heterocycles. The summed E-state index contributed by atoms with van der Waals surface area (Å²) in [5.74, 6) is -0.0122. The molecule has 1 amide bonds. The van der Waals surface area contributed by atoms with Crippen molar-refractivity contribution in [1.29, 1.82) is 0 Å². The molecule has 0 radical (unpaired) electrons. The van der Waals surface area contributed by atoms with Crippen LogP contribution in [0.2, 0.25) is 0 Å². The van der Waals surface area contributed by atoms with Crippen LogP contribution in [0.15, 0.2) is 4.42 Å². The summed E-state index contributed by atoms with van der Waals surface area (Å²) >= 11 is 0. The Bertz CT molecular complexity index is 364. The number of carbonyl (C=O) groups is 1. The Labute approximate surface area is 86.4 Å². The molecule has 0 saturated carbocycles. The Kier molecular flexibility index (Phi) is 2.55. The molecule has 7 heteroatoms. The molecule has 1 unspecified atom stereocenters. The molecule has 0 spiro atoms. The van der Waals surface area contributed by atoms with Gasteiger partial charge < -0.3 is 20.8 Å². The summed E-state index contributed by atoms with van der Waals surface area (Å²) in [6, 6.07) is 0.416. The third-order valence-corrected chi connectivity index (χ3v) is 2.49. The number of amides is 1. The van der Waals surface area contributed by atoms with Gasteiger partial charge in [-0.15, -0.1) is 5.10 Å². The number of anilines is 1. The van der Waals surface area contributed by atoms with E-state index in [1.165, 1.54) is 0 Å². The zero-order valence-electron chi connectivity index (χ0n) is 8.22. The van der Waals surface area contributed by atoms with E-state index >= 15 is 0 Å². The normalized spacial score (nSPS) is 20.9. The van der Waals surface area contributed by atoms with Crippen molar-refractivity contribution in [2.75, 3.05) is 18.0 Å². The van der Waals surface area contributed by atoms with E-state index in [0.717, 1.165) is 6.42 Å². The van der Waals surface area contributed by atoms with Gasteiger partial charge in [-0.2, -0.15) is 0 Å². The van der Waals surface area contributed by atoms with Gasteiger partial charge in [0.15, 0.2) is 0 Å². The van der Waals surface area contributed by atoms with Gasteiger partial charge in [-0.25, -0.2) is 0 Å². The highest BCUT2D eigenvalue weighted by molar-refractivity contribution is 5.77. The van der Waals surface area contributed by atoms with Gasteiger partial charge in [-0.05, 0) is 6.42 Å². The molecule has 1 fully saturated rings. The highest BCUT2D eigenvalue weighted by Gasteiger charge is 2.29. The molecule has 2 rings (SSSR count). The molecule has 1 saturated heterocycles. The summed E-state index contributed by atoms with van der Waals surface area (Å²) in [7, 11) is 0. The molecule has 7 nitrogen and oxygen atoms in total. The lowest BCUT2D eigenvalue weighted by atomic mass is 10.1. The van der Waals surface area contributed by atoms with Crippen LogP contribution in [-0.4, -0.2) is 29.2 Å². The highest BCUT2D eigenvalue weighted by Crippen LogP contribution is 2.22. The second-order valence-corrected chi connectivity index (χ2v) is 3.52. The molecule has 0 bridgehead atoms. The number of carbonyl (C=O) groups excluding carboxylic acids is 1. The van der Waals surface area contributed by atoms with Crippen molar-refractivity contribution >= 4 is 11.9 Å². The van der Waals surface area contributed by atoms with Crippen LogP contribution in [0, 0.1) is 5.92 Å². The standard InChI is InChI=1S/C8H13N5O2/c9-3-6-11-12-8(15-6)13-2-1-5(4-13)7(10)14/h5H,1-4,9H2,(H2,10,14). The predicted octanol–water partition coefficient (Wildman–Crippen LogP) is -1.16. The zero-order chi connectivity index (χ0) is 10.8. The summed E-state index contributed by atoms with van der Waals surface area (Å²) in [4.78, 5) is 12.8. The van der Waals surface area contributed by atoms with Gasteiger partial charge in [0.25, 0.3) is 0 Å². The summed E-state index contributed by atoms with van der Waals surface area (Å²) in [6.45, 7) is 1.47. The van der Waals surface area contributed by atoms with Crippen LogP contribution in [0.25, 0.3) is 0 Å². The Morgan fingerprint density at radius 1 is 1.60 bits per heavy atom. The predicted molar refractivity (Wildman–Crippen MR) is 51.7 cm³/mol. The molecule has 1 aromatic heterocycles. The summed E-state index contributed by atoms with van der Waals surface area (Å²) in [6.07, 6.45) is 0.732. The van der Waals surface area contributed by atoms with Crippen molar-refractivity contribution in [2.45, 2.75) is 13.0 Å². The Hall–Kier alpha value is -1.63. The number of nitrogens with two attached hydrogens (primary N) is 2. The first-order valence-electron chi connectivity index (χ1n) is 4.77. The van der Waals surface area contributed by atoms with E-state index in [4.69, 9.17) is 15.9 Å². The molecule has 82 valence electrons. The van der Waals surface area contributed by atoms with Crippen molar-refractivity contribution in [2.24, 2.45) is 17.4 Å². The monoisotopic (exact) mass is 211 g/mol. The fourth-order valence-electron chi connectivity index (χ4n) is 1.62. The molecule has 1 atom stereocenters. The number of hydrogen-bond acceptors (Lipinski definition) is 6. The number of primary amides is 1. The van der Waals surface area contributed by atoms with E-state index in [2.05, 4.69) is 10.2 Å². The lowest BCUT2D eigenvalue weighted by Gasteiger charge is -2.11. The molecule has 0 aromatic carbocycles. The summed E-state index contributed by atoms with van der Waals surface area (Å²) < 4.78 is 5.27. The minimum Gasteiger partial charge on any atom is -0.407 e. The van der Waals surface area contributed by atoms with Gasteiger partial charge in [-0.3, -0.25) is 4.79 Å². The number of nitrogens with zero attached hydrogens (tertiary/aromatic N) is 3. The van der Waals surface area contributed by atoms with Crippen molar-refractivity contribution in [1.82, 2.24) is 10.2 Å². The second kappa shape index (κ2) is 3.85. The fourth-order valence-corrected chi connectivity index (χ4v) is 1.62. The highest BCUT2D eigenvalue weighted by atomic mass is 16.4. The van der Waals surface area contributed by atoms with Crippen LogP contribution >= 0.6 is 0 Å². The van der Waals surface area contributed by atoms with Crippen molar-refractivity contribution in [3.8, 4) is 0 Å². The molecular weight excluding hydrogens is 198 g/mol. The number of hydrogen-bond donors (Lipinski definition) is 2. The Morgan fingerprint density at radius 3 is 2.93 bits per heavy atom. The molecule has 15 heavy (non-hydrogen) atoms. The SMILES string of the molecule is NCc1nnc(N2CCC(C(N)=O)C2)o1. The van der Waals surface area contributed by atoms with Crippen molar-refractivity contribution in [3.63, 3.8) is 0 Å². The molecule has 1 aliphatic heterocycles. The van der Waals surface area contributed by atoms with Gasteiger partial charge in [-0.1, -0.05) is 5.10 Å². The average Bonchev–Trinajstić information content (AvgIpc) is 2.86. The number of aromatic nitrogens is 2. The van der Waals surface area contributed by atoms with Crippen LogP contribution in [0.5, 0.6) is 0 Å². The maximum absolute atomic E-state index is 10.9. The topological polar surface area (TPSA) is 111 Å². The van der Waals surface area contributed by atoms with Gasteiger partial charge >= 0.3 is 6.01 Å². The third kappa shape index (κ3) is 1.91. The van der Waals surface area contributed by atoms with Crippen LogP contribution in [0.3, 0.4) is 0 Å². The van der Waals surface area contributed by atoms with Crippen LogP contribution < -0.4 is 16.4 Å². The molecule has 0 aliphatic carbocycles. The van der Waals surface area contributed by atoms with Gasteiger partial charge in [0.1, 0.15) is 0 Å². The van der Waals surface area contributed by atoms with Crippen molar-refractivity contribution in [3.05, 3.63) is 5.89 Å². The zero-order valence-corrected chi connectivity index (χ0v) is 8.22. The lowest BCUT2D eigenvalue weighted by molar-refractivity contribution is -0.121. The largest absolute Gasteiger partial charge is 0.407 e. The first-order chi connectivity index (χ1) is 7.20. The van der Waals surface area contributed by atoms with Crippen molar-refractivity contribution < 1.29 is 9.21 Å². The maximum atomic E-state index is 10.9. The van der Waals surface area contributed by atoms with E-state index in [-0.39, 0.29) is 18.4 Å². The maximum Gasteiger partial charge on any atom is 0.318 e. The second-order valence-electron chi connectivity index (χ2n) is 3.52. The first-order valence-corrected chi connectivity index (χ1v) is 4.77. The van der Waals surface area contributed by atoms with E-state index in [1.807, 2.05) is 4.90 Å². The van der Waals surface area contributed by atoms with Gasteiger partial charge in [0.2, 0.25) is 11.8 Å². The average molecular weight is 211 g/mol. The van der Waals surface area contributed by atoms with E-state index in [9.17, 15) is 4.79 Å². The lowest BCUT2D eigenvalue weighted by Crippen LogP contribution is -2.27. The van der Waals surface area contributed by atoms with E-state index in [0.29, 0.717) is 25.0 Å². The molecule has 4 N–H and O–H groups in total. The smallest absolute Gasteiger partial charge is 0.318 e. The Balaban J connectivity index is 2.04. The quantitative estimate of drug-likeness (QED) is 0.652. The minimum atomic E-state index is -0.281. The van der Waals surface area contributed by atoms with Crippen LogP contribution in [0.4, 0.5) is 6.01 Å². The summed E-state index contributed by atoms with van der Waals surface area (Å²) in [5.41, 5.74) is 10.6. The first kappa shape index (κ1) is 9.91.